The molecule has 8 atom stereocenters. The number of hydrogen-bond donors (Lipinski definition) is 4. The van der Waals surface area contributed by atoms with Crippen LogP contribution in [-0.2, 0) is 4.84 Å². The zero-order valence-electron chi connectivity index (χ0n) is 19.6. The van der Waals surface area contributed by atoms with Crippen LogP contribution in [0.15, 0.2) is 5.16 Å². The third-order valence-corrected chi connectivity index (χ3v) is 10.1. The lowest BCUT2D eigenvalue weighted by Crippen LogP contribution is -2.53. The van der Waals surface area contributed by atoms with Crippen LogP contribution >= 0.6 is 0 Å². The van der Waals surface area contributed by atoms with E-state index in [1.807, 2.05) is 6.21 Å². The zero-order valence-corrected chi connectivity index (χ0v) is 19.6. The quantitative estimate of drug-likeness (QED) is 0.209. The van der Waals surface area contributed by atoms with Gasteiger partial charge in [-0.05, 0) is 105 Å². The van der Waals surface area contributed by atoms with Crippen LogP contribution in [0.3, 0.4) is 0 Å². The van der Waals surface area contributed by atoms with Gasteiger partial charge < -0.3 is 21.0 Å². The molecule has 0 aromatic heterocycles. The van der Waals surface area contributed by atoms with Gasteiger partial charge in [-0.15, -0.1) is 0 Å². The fourth-order valence-corrected chi connectivity index (χ4v) is 8.37. The Bertz CT molecular complexity index is 670. The van der Waals surface area contributed by atoms with E-state index in [4.69, 9.17) is 16.0 Å². The van der Waals surface area contributed by atoms with Crippen molar-refractivity contribution >= 4 is 12.2 Å². The lowest BCUT2D eigenvalue weighted by atomic mass is 9.44. The van der Waals surface area contributed by atoms with Gasteiger partial charge in [0.1, 0.15) is 6.61 Å². The first-order valence-electron chi connectivity index (χ1n) is 12.7. The summed E-state index contributed by atoms with van der Waals surface area (Å²) >= 11 is 0. The van der Waals surface area contributed by atoms with E-state index >= 15 is 0 Å². The highest BCUT2D eigenvalue weighted by Crippen LogP contribution is 2.67. The average molecular weight is 433 g/mol. The van der Waals surface area contributed by atoms with Crippen LogP contribution in [0.5, 0.6) is 0 Å². The van der Waals surface area contributed by atoms with Gasteiger partial charge in [0.2, 0.25) is 0 Å². The Morgan fingerprint density at radius 2 is 1.90 bits per heavy atom. The minimum atomic E-state index is -0.0498. The van der Waals surface area contributed by atoms with Gasteiger partial charge >= 0.3 is 0 Å². The molecule has 6 heteroatoms. The van der Waals surface area contributed by atoms with Crippen LogP contribution in [0.4, 0.5) is 0 Å². The molecule has 0 aromatic carbocycles. The first kappa shape index (κ1) is 22.9. The van der Waals surface area contributed by atoms with E-state index in [-0.39, 0.29) is 12.1 Å². The molecule has 4 fully saturated rings. The highest BCUT2D eigenvalue weighted by molar-refractivity contribution is 5.74. The molecule has 0 heterocycles. The number of oxime groups is 1. The fourth-order valence-electron chi connectivity index (χ4n) is 8.37. The fraction of sp³-hybridized carbons (Fsp3) is 0.920. The van der Waals surface area contributed by atoms with E-state index in [1.54, 1.807) is 0 Å². The smallest absolute Gasteiger partial charge is 0.185 e. The molecule has 3 unspecified atom stereocenters. The number of guanidine groups is 1. The summed E-state index contributed by atoms with van der Waals surface area (Å²) in [6.45, 7) is 6.35. The second-order valence-electron chi connectivity index (χ2n) is 11.5. The number of aliphatic hydroxyl groups is 1. The molecule has 4 saturated carbocycles. The second-order valence-corrected chi connectivity index (χ2v) is 11.5. The van der Waals surface area contributed by atoms with Crippen LogP contribution in [-0.4, -0.2) is 36.5 Å². The predicted octanol–water partition coefficient (Wildman–Crippen LogP) is 4.27. The topological polar surface area (TPSA) is 104 Å². The summed E-state index contributed by atoms with van der Waals surface area (Å²) in [7, 11) is 0. The number of nitrogens with one attached hydrogen (secondary N) is 2. The molecular formula is C25H44N4O2. The van der Waals surface area contributed by atoms with Crippen molar-refractivity contribution in [1.82, 2.24) is 5.32 Å². The van der Waals surface area contributed by atoms with E-state index in [0.29, 0.717) is 24.0 Å². The van der Waals surface area contributed by atoms with Gasteiger partial charge in [-0.3, -0.25) is 5.41 Å². The molecule has 0 aliphatic heterocycles. The summed E-state index contributed by atoms with van der Waals surface area (Å²) in [5.41, 5.74) is 6.19. The summed E-state index contributed by atoms with van der Waals surface area (Å²) in [5, 5.41) is 24.4. The first-order chi connectivity index (χ1) is 14.8. The van der Waals surface area contributed by atoms with Crippen LogP contribution in [0.1, 0.15) is 84.5 Å². The maximum absolute atomic E-state index is 10.2. The number of aliphatic hydroxyl groups excluding tert-OH is 1. The summed E-state index contributed by atoms with van der Waals surface area (Å²) in [6.07, 6.45) is 15.3. The Balaban J connectivity index is 1.30. The SMILES string of the molecule is C[C@]12CCC(O)CC1CC[C@@H]1[C@H]2CC[C@]2(C)C(CC=NOCCCNC(=N)N)CC[C@@H]12. The molecule has 4 aliphatic rings. The maximum Gasteiger partial charge on any atom is 0.185 e. The molecule has 176 valence electrons. The molecule has 0 spiro atoms. The van der Waals surface area contributed by atoms with Gasteiger partial charge in [0.15, 0.2) is 5.96 Å². The lowest BCUT2D eigenvalue weighted by Gasteiger charge is -2.61. The molecule has 0 saturated heterocycles. The molecule has 4 aliphatic carbocycles. The van der Waals surface area contributed by atoms with Crippen LogP contribution in [0.2, 0.25) is 0 Å². The number of rotatable bonds is 7. The molecule has 5 N–H and O–H groups in total. The zero-order chi connectivity index (χ0) is 22.1. The van der Waals surface area contributed by atoms with Gasteiger partial charge in [0, 0.05) is 19.2 Å². The Morgan fingerprint density at radius 1 is 1.13 bits per heavy atom. The van der Waals surface area contributed by atoms with Crippen molar-refractivity contribution < 1.29 is 9.94 Å². The largest absolute Gasteiger partial charge is 0.396 e. The van der Waals surface area contributed by atoms with Crippen molar-refractivity contribution in [1.29, 1.82) is 5.41 Å². The van der Waals surface area contributed by atoms with E-state index < -0.39 is 0 Å². The Morgan fingerprint density at radius 3 is 2.71 bits per heavy atom. The van der Waals surface area contributed by atoms with Gasteiger partial charge in [0.25, 0.3) is 0 Å². The number of nitrogens with two attached hydrogens (primary N) is 1. The minimum absolute atomic E-state index is 0.00538. The minimum Gasteiger partial charge on any atom is -0.396 e. The molecule has 4 rings (SSSR count). The van der Waals surface area contributed by atoms with E-state index in [2.05, 4.69) is 24.3 Å². The third-order valence-electron chi connectivity index (χ3n) is 10.1. The van der Waals surface area contributed by atoms with Gasteiger partial charge in [0.05, 0.1) is 6.10 Å². The van der Waals surface area contributed by atoms with Crippen molar-refractivity contribution in [2.24, 2.45) is 51.3 Å². The van der Waals surface area contributed by atoms with E-state index in [0.717, 1.165) is 55.3 Å². The molecular weight excluding hydrogens is 388 g/mol. The van der Waals surface area contributed by atoms with Crippen molar-refractivity contribution in [3.63, 3.8) is 0 Å². The van der Waals surface area contributed by atoms with E-state index in [9.17, 15) is 5.11 Å². The average Bonchev–Trinajstić information content (AvgIpc) is 3.06. The van der Waals surface area contributed by atoms with Crippen LogP contribution in [0, 0.1) is 45.8 Å². The number of fused-ring (bicyclic) bond motifs is 5. The maximum atomic E-state index is 10.2. The van der Waals surface area contributed by atoms with E-state index in [1.165, 1.54) is 44.9 Å². The number of hydrogen-bond acceptors (Lipinski definition) is 4. The van der Waals surface area contributed by atoms with Gasteiger partial charge in [-0.2, -0.15) is 0 Å². The van der Waals surface area contributed by atoms with Crippen LogP contribution in [0.25, 0.3) is 0 Å². The monoisotopic (exact) mass is 432 g/mol. The van der Waals surface area contributed by atoms with Crippen LogP contribution < -0.4 is 11.1 Å². The Hall–Kier alpha value is -1.30. The third kappa shape index (κ3) is 4.46. The first-order valence-corrected chi connectivity index (χ1v) is 12.7. The summed E-state index contributed by atoms with van der Waals surface area (Å²) in [5.74, 6) is 4.11. The summed E-state index contributed by atoms with van der Waals surface area (Å²) in [6, 6.07) is 0. The molecule has 31 heavy (non-hydrogen) atoms. The highest BCUT2D eigenvalue weighted by atomic mass is 16.6. The van der Waals surface area contributed by atoms with Gasteiger partial charge in [-0.25, -0.2) is 0 Å². The van der Waals surface area contributed by atoms with Crippen molar-refractivity contribution in [3.8, 4) is 0 Å². The molecule has 0 amide bonds. The summed E-state index contributed by atoms with van der Waals surface area (Å²) in [4.78, 5) is 5.41. The Kier molecular flexibility index (Phi) is 6.85. The normalized spacial score (nSPS) is 44.4. The predicted molar refractivity (Wildman–Crippen MR) is 125 cm³/mol. The number of nitrogens with zero attached hydrogens (tertiary/aromatic N) is 1. The molecule has 6 nitrogen and oxygen atoms in total. The Labute approximate surface area is 188 Å². The van der Waals surface area contributed by atoms with Crippen molar-refractivity contribution in [3.05, 3.63) is 0 Å². The lowest BCUT2D eigenvalue weighted by molar-refractivity contribution is -0.126. The molecule has 0 bridgehead atoms. The van der Waals surface area contributed by atoms with Crippen molar-refractivity contribution in [2.45, 2.75) is 90.6 Å². The van der Waals surface area contributed by atoms with Crippen molar-refractivity contribution in [2.75, 3.05) is 13.2 Å². The standard InChI is InChI=1S/C25H44N4O2/c1-24-12-9-22-20(6-4-18-16-19(30)8-11-25(18,22)2)21(24)7-5-17(24)10-14-29-31-15-3-13-28-23(26)27/h14,17-22,30H,3-13,15-16H2,1-2H3,(H4,26,27,28)/t17?,18?,19?,20-,21-,22+,24+,25-/m0/s1. The molecule has 0 aromatic rings. The second kappa shape index (κ2) is 9.29. The molecule has 0 radical (unpaired) electrons. The highest BCUT2D eigenvalue weighted by Gasteiger charge is 2.59. The summed E-state index contributed by atoms with van der Waals surface area (Å²) < 4.78 is 0. The van der Waals surface area contributed by atoms with Gasteiger partial charge in [-0.1, -0.05) is 19.0 Å².